The Morgan fingerprint density at radius 1 is 0.840 bits per heavy atom. The molecule has 2 N–H and O–H groups in total. The van der Waals surface area contributed by atoms with Crippen molar-refractivity contribution >= 4 is 40.2 Å². The highest BCUT2D eigenvalue weighted by molar-refractivity contribution is 7.99. The van der Waals surface area contributed by atoms with E-state index in [9.17, 15) is 9.59 Å². The number of carbonyl (C=O) groups excluding carboxylic acids is 1. The lowest BCUT2D eigenvalue weighted by atomic mass is 9.88. The molecule has 0 saturated carbocycles. The van der Waals surface area contributed by atoms with E-state index >= 15 is 0 Å². The van der Waals surface area contributed by atoms with Gasteiger partial charge >= 0.3 is 6.03 Å². The standard InChI is InChI=1S/C42H51N5O2S/c1-7-46(8-2)23-24-50-35-20-12-18-32(25-35)34-26-36(29(3)4)39(37(27-34)30(5)6)44-42(49)47(22-14-17-31-15-10-9-11-16-31)38-28-33-19-13-21-43-40(33)45-41(38)48/h9-13,15-16,18-21,25-30H,7-8,14,17,22-24H2,1-6H3,(H,44,49)(H,43,45,48). The monoisotopic (exact) mass is 689 g/mol. The quantitative estimate of drug-likeness (QED) is 0.107. The summed E-state index contributed by atoms with van der Waals surface area (Å²) in [6, 6.07) is 28.6. The second-order valence-corrected chi connectivity index (χ2v) is 14.5. The zero-order valence-corrected chi connectivity index (χ0v) is 31.1. The lowest BCUT2D eigenvalue weighted by Gasteiger charge is -2.27. The minimum absolute atomic E-state index is 0.149. The van der Waals surface area contributed by atoms with E-state index in [1.165, 1.54) is 16.0 Å². The van der Waals surface area contributed by atoms with E-state index in [1.54, 1.807) is 17.2 Å². The molecule has 0 saturated heterocycles. The van der Waals surface area contributed by atoms with Crippen molar-refractivity contribution in [2.24, 2.45) is 0 Å². The van der Waals surface area contributed by atoms with E-state index in [-0.39, 0.29) is 23.4 Å². The van der Waals surface area contributed by atoms with Crippen LogP contribution in [0, 0.1) is 0 Å². The maximum atomic E-state index is 14.4. The minimum atomic E-state index is -0.343. The van der Waals surface area contributed by atoms with Crippen LogP contribution in [0.3, 0.4) is 0 Å². The number of carbonyl (C=O) groups is 1. The van der Waals surface area contributed by atoms with Crippen LogP contribution in [0.2, 0.25) is 0 Å². The maximum Gasteiger partial charge on any atom is 0.326 e. The van der Waals surface area contributed by atoms with Crippen molar-refractivity contribution < 1.29 is 4.79 Å². The summed E-state index contributed by atoms with van der Waals surface area (Å²) in [6.07, 6.45) is 3.13. The van der Waals surface area contributed by atoms with Gasteiger partial charge in [0, 0.05) is 41.0 Å². The van der Waals surface area contributed by atoms with Gasteiger partial charge in [-0.3, -0.25) is 9.69 Å². The van der Waals surface area contributed by atoms with Crippen LogP contribution in [0.15, 0.2) is 101 Å². The van der Waals surface area contributed by atoms with E-state index < -0.39 is 0 Å². The maximum absolute atomic E-state index is 14.4. The molecular weight excluding hydrogens is 639 g/mol. The van der Waals surface area contributed by atoms with E-state index in [0.717, 1.165) is 59.6 Å². The molecular formula is C42H51N5O2S. The fourth-order valence-corrected chi connectivity index (χ4v) is 7.29. The molecule has 2 amide bonds. The van der Waals surface area contributed by atoms with Gasteiger partial charge in [0.2, 0.25) is 0 Å². The molecule has 8 heteroatoms. The number of amides is 2. The third-order valence-corrected chi connectivity index (χ3v) is 10.2. The van der Waals surface area contributed by atoms with E-state index in [2.05, 4.69) is 110 Å². The summed E-state index contributed by atoms with van der Waals surface area (Å²) in [5, 5.41) is 4.08. The van der Waals surface area contributed by atoms with Gasteiger partial charge in [-0.15, -0.1) is 11.8 Å². The van der Waals surface area contributed by atoms with Crippen molar-refractivity contribution in [3.05, 3.63) is 118 Å². The lowest BCUT2D eigenvalue weighted by Crippen LogP contribution is -2.39. The van der Waals surface area contributed by atoms with Gasteiger partial charge in [-0.1, -0.05) is 84.0 Å². The van der Waals surface area contributed by atoms with Crippen LogP contribution in [0.4, 0.5) is 16.2 Å². The normalized spacial score (nSPS) is 11.5. The average molecular weight is 690 g/mol. The van der Waals surface area contributed by atoms with Gasteiger partial charge in [-0.2, -0.15) is 0 Å². The largest absolute Gasteiger partial charge is 0.326 e. The number of hydrogen-bond acceptors (Lipinski definition) is 5. The molecule has 2 heterocycles. The van der Waals surface area contributed by atoms with Gasteiger partial charge in [0.05, 0.1) is 0 Å². The van der Waals surface area contributed by atoms with Gasteiger partial charge in [0.25, 0.3) is 5.56 Å². The number of nitrogens with zero attached hydrogens (tertiary/aromatic N) is 3. The van der Waals surface area contributed by atoms with Crippen LogP contribution < -0.4 is 15.8 Å². The molecule has 0 unspecified atom stereocenters. The number of anilines is 2. The number of thioether (sulfide) groups is 1. The summed E-state index contributed by atoms with van der Waals surface area (Å²) >= 11 is 1.89. The Bertz CT molecular complexity index is 1910. The molecule has 5 rings (SSSR count). The fourth-order valence-electron chi connectivity index (χ4n) is 6.32. The predicted molar refractivity (Wildman–Crippen MR) is 212 cm³/mol. The number of hydrogen-bond donors (Lipinski definition) is 2. The molecule has 262 valence electrons. The molecule has 2 aromatic heterocycles. The third kappa shape index (κ3) is 9.23. The first-order valence-electron chi connectivity index (χ1n) is 17.9. The smallest absolute Gasteiger partial charge is 0.307 e. The first-order valence-corrected chi connectivity index (χ1v) is 18.9. The van der Waals surface area contributed by atoms with Gasteiger partial charge in [-0.25, -0.2) is 9.78 Å². The molecule has 0 fully saturated rings. The molecule has 0 atom stereocenters. The Morgan fingerprint density at radius 2 is 1.56 bits per heavy atom. The lowest BCUT2D eigenvalue weighted by molar-refractivity contribution is 0.256. The number of benzene rings is 3. The number of fused-ring (bicyclic) bond motifs is 1. The number of urea groups is 1. The van der Waals surface area contributed by atoms with E-state index in [0.29, 0.717) is 24.3 Å². The van der Waals surface area contributed by atoms with Crippen molar-refractivity contribution in [1.29, 1.82) is 0 Å². The zero-order valence-electron chi connectivity index (χ0n) is 30.3. The van der Waals surface area contributed by atoms with Crippen LogP contribution in [0.5, 0.6) is 0 Å². The van der Waals surface area contributed by atoms with Crippen LogP contribution in [0.1, 0.15) is 76.5 Å². The summed E-state index contributed by atoms with van der Waals surface area (Å²) < 4.78 is 0. The number of aromatic nitrogens is 2. The number of pyridine rings is 2. The van der Waals surface area contributed by atoms with Gasteiger partial charge < -0.3 is 15.2 Å². The highest BCUT2D eigenvalue weighted by atomic mass is 32.2. The summed E-state index contributed by atoms with van der Waals surface area (Å²) in [5.74, 6) is 1.34. The molecule has 5 aromatic rings. The molecule has 50 heavy (non-hydrogen) atoms. The van der Waals surface area contributed by atoms with Gasteiger partial charge in [0.15, 0.2) is 0 Å². The number of rotatable bonds is 15. The summed E-state index contributed by atoms with van der Waals surface area (Å²) in [7, 11) is 0. The van der Waals surface area contributed by atoms with Crippen molar-refractivity contribution in [2.75, 3.05) is 42.1 Å². The Hall–Kier alpha value is -4.40. The average Bonchev–Trinajstić information content (AvgIpc) is 3.12. The molecule has 0 radical (unpaired) electrons. The van der Waals surface area contributed by atoms with Crippen LogP contribution >= 0.6 is 11.8 Å². The molecule has 0 aliphatic heterocycles. The van der Waals surface area contributed by atoms with Crippen molar-refractivity contribution in [3.63, 3.8) is 0 Å². The number of nitrogens with one attached hydrogen (secondary N) is 2. The van der Waals surface area contributed by atoms with E-state index in [4.69, 9.17) is 0 Å². The number of aromatic amines is 1. The Balaban J connectivity index is 1.48. The molecule has 7 nitrogen and oxygen atoms in total. The van der Waals surface area contributed by atoms with Crippen molar-refractivity contribution in [3.8, 4) is 11.1 Å². The van der Waals surface area contributed by atoms with Gasteiger partial charge in [-0.05, 0) is 108 Å². The number of aryl methyl sites for hydroxylation is 1. The first-order chi connectivity index (χ1) is 24.2. The Labute approximate surface area is 301 Å². The second-order valence-electron chi connectivity index (χ2n) is 13.3. The fraction of sp³-hybridized carbons (Fsp3) is 0.357. The van der Waals surface area contributed by atoms with Crippen LogP contribution in [-0.4, -0.2) is 52.8 Å². The summed E-state index contributed by atoms with van der Waals surface area (Å²) in [4.78, 5) is 40.4. The topological polar surface area (TPSA) is 81.3 Å². The number of H-pyrrole nitrogens is 1. The molecule has 0 bridgehead atoms. The Kier molecular flexibility index (Phi) is 12.9. The van der Waals surface area contributed by atoms with Crippen molar-refractivity contribution in [1.82, 2.24) is 14.9 Å². The molecule has 0 aliphatic rings. The first kappa shape index (κ1) is 36.9. The van der Waals surface area contributed by atoms with Crippen LogP contribution in [-0.2, 0) is 6.42 Å². The minimum Gasteiger partial charge on any atom is -0.307 e. The third-order valence-electron chi connectivity index (χ3n) is 9.24. The summed E-state index contributed by atoms with van der Waals surface area (Å²) in [5.41, 5.74) is 6.91. The molecule has 0 spiro atoms. The highest BCUT2D eigenvalue weighted by Gasteiger charge is 2.24. The Morgan fingerprint density at radius 3 is 2.24 bits per heavy atom. The second kappa shape index (κ2) is 17.5. The summed E-state index contributed by atoms with van der Waals surface area (Å²) in [6.45, 7) is 16.7. The van der Waals surface area contributed by atoms with Gasteiger partial charge in [0.1, 0.15) is 11.3 Å². The highest BCUT2D eigenvalue weighted by Crippen LogP contribution is 2.38. The van der Waals surface area contributed by atoms with E-state index in [1.807, 2.05) is 42.1 Å². The van der Waals surface area contributed by atoms with Crippen molar-refractivity contribution in [2.45, 2.75) is 71.1 Å². The zero-order chi connectivity index (χ0) is 35.6. The SMILES string of the molecule is CCN(CC)CCSc1cccc(-c2cc(C(C)C)c(NC(=O)N(CCCc3ccccc3)c3cc4cccnc4[nH]c3=O)c(C(C)C)c2)c1. The molecule has 0 aliphatic carbocycles. The predicted octanol–water partition coefficient (Wildman–Crippen LogP) is 9.94. The van der Waals surface area contributed by atoms with Crippen LogP contribution in [0.25, 0.3) is 22.2 Å². The molecule has 3 aromatic carbocycles.